The summed E-state index contributed by atoms with van der Waals surface area (Å²) in [4.78, 5) is 20.9. The number of amides is 1. The molecule has 0 unspecified atom stereocenters. The van der Waals surface area contributed by atoms with Crippen LogP contribution in [0.4, 0.5) is 11.5 Å². The number of para-hydroxylation sites is 1. The number of pyridine rings is 1. The number of carbonyl (C=O) groups excluding carboxylic acids is 1. The van der Waals surface area contributed by atoms with Crippen LogP contribution < -0.4 is 9.80 Å². The molecule has 0 spiro atoms. The van der Waals surface area contributed by atoms with Crippen LogP contribution in [0.3, 0.4) is 0 Å². The minimum Gasteiger partial charge on any atom is -0.395 e. The highest BCUT2D eigenvalue weighted by molar-refractivity contribution is 6.10. The van der Waals surface area contributed by atoms with E-state index < -0.39 is 0 Å². The van der Waals surface area contributed by atoms with Gasteiger partial charge in [-0.2, -0.15) is 0 Å². The van der Waals surface area contributed by atoms with E-state index in [4.69, 9.17) is 5.11 Å². The molecule has 5 heteroatoms. The number of hydrogen-bond donors (Lipinski definition) is 1. The van der Waals surface area contributed by atoms with Crippen molar-refractivity contribution in [2.45, 2.75) is 6.42 Å². The highest BCUT2D eigenvalue weighted by Gasteiger charge is 2.27. The lowest BCUT2D eigenvalue weighted by atomic mass is 10.1. The SMILES string of the molecule is CN(CCO)c1ncccc1C(=O)N1CCc2ccccc21. The molecule has 1 aromatic heterocycles. The first-order valence-electron chi connectivity index (χ1n) is 7.39. The zero-order valence-electron chi connectivity index (χ0n) is 12.6. The van der Waals surface area contributed by atoms with Crippen molar-refractivity contribution >= 4 is 17.4 Å². The predicted molar refractivity (Wildman–Crippen MR) is 86.4 cm³/mol. The first kappa shape index (κ1) is 14.5. The zero-order chi connectivity index (χ0) is 15.5. The molecule has 1 amide bonds. The first-order valence-corrected chi connectivity index (χ1v) is 7.39. The van der Waals surface area contributed by atoms with E-state index in [1.165, 1.54) is 5.56 Å². The molecule has 3 rings (SSSR count). The summed E-state index contributed by atoms with van der Waals surface area (Å²) in [7, 11) is 1.83. The van der Waals surface area contributed by atoms with Crippen molar-refractivity contribution in [1.29, 1.82) is 0 Å². The van der Waals surface area contributed by atoms with Gasteiger partial charge in [0.2, 0.25) is 0 Å². The second-order valence-electron chi connectivity index (χ2n) is 5.36. The number of likely N-dealkylation sites (N-methyl/N-ethyl adjacent to an activating group) is 1. The number of anilines is 2. The maximum atomic E-state index is 12.9. The molecule has 0 atom stereocenters. The second kappa shape index (κ2) is 6.15. The number of nitrogens with zero attached hydrogens (tertiary/aromatic N) is 3. The Morgan fingerprint density at radius 2 is 2.14 bits per heavy atom. The summed E-state index contributed by atoms with van der Waals surface area (Å²) >= 11 is 0. The van der Waals surface area contributed by atoms with Gasteiger partial charge in [-0.3, -0.25) is 4.79 Å². The smallest absolute Gasteiger partial charge is 0.262 e. The molecule has 2 heterocycles. The molecular weight excluding hydrogens is 278 g/mol. The summed E-state index contributed by atoms with van der Waals surface area (Å²) in [5, 5.41) is 9.10. The number of hydrogen-bond acceptors (Lipinski definition) is 4. The third-order valence-corrected chi connectivity index (χ3v) is 3.95. The molecule has 0 aliphatic carbocycles. The number of fused-ring (bicyclic) bond motifs is 1. The van der Waals surface area contributed by atoms with E-state index in [0.717, 1.165) is 12.1 Å². The molecule has 0 saturated heterocycles. The van der Waals surface area contributed by atoms with Crippen molar-refractivity contribution in [3.63, 3.8) is 0 Å². The van der Waals surface area contributed by atoms with Crippen LogP contribution in [-0.2, 0) is 6.42 Å². The fourth-order valence-corrected chi connectivity index (χ4v) is 2.82. The number of carbonyl (C=O) groups is 1. The highest BCUT2D eigenvalue weighted by atomic mass is 16.3. The molecule has 22 heavy (non-hydrogen) atoms. The van der Waals surface area contributed by atoms with Crippen molar-refractivity contribution in [2.24, 2.45) is 0 Å². The molecule has 1 aliphatic rings. The van der Waals surface area contributed by atoms with Gasteiger partial charge in [0.25, 0.3) is 5.91 Å². The predicted octanol–water partition coefficient (Wildman–Crippen LogP) is 1.71. The molecule has 0 radical (unpaired) electrons. The van der Waals surface area contributed by atoms with Crippen molar-refractivity contribution in [1.82, 2.24) is 4.98 Å². The van der Waals surface area contributed by atoms with Crippen LogP contribution >= 0.6 is 0 Å². The molecule has 2 aromatic rings. The minimum absolute atomic E-state index is 0.0211. The summed E-state index contributed by atoms with van der Waals surface area (Å²) in [5.74, 6) is 0.559. The Balaban J connectivity index is 1.94. The summed E-state index contributed by atoms with van der Waals surface area (Å²) in [6.07, 6.45) is 2.54. The second-order valence-corrected chi connectivity index (χ2v) is 5.36. The average Bonchev–Trinajstić information content (AvgIpc) is 2.98. The van der Waals surface area contributed by atoms with E-state index in [2.05, 4.69) is 11.1 Å². The molecule has 1 aromatic carbocycles. The zero-order valence-corrected chi connectivity index (χ0v) is 12.6. The number of rotatable bonds is 4. The van der Waals surface area contributed by atoms with Gasteiger partial charge in [0, 0.05) is 32.0 Å². The normalized spacial score (nSPS) is 13.1. The molecule has 1 aliphatic heterocycles. The van der Waals surface area contributed by atoms with Crippen molar-refractivity contribution in [3.8, 4) is 0 Å². The quantitative estimate of drug-likeness (QED) is 0.933. The van der Waals surface area contributed by atoms with E-state index in [0.29, 0.717) is 24.5 Å². The van der Waals surface area contributed by atoms with Crippen LogP contribution in [0, 0.1) is 0 Å². The topological polar surface area (TPSA) is 56.7 Å². The van der Waals surface area contributed by atoms with Crippen molar-refractivity contribution in [3.05, 3.63) is 53.7 Å². The van der Waals surface area contributed by atoms with Gasteiger partial charge in [-0.15, -0.1) is 0 Å². The Bertz CT molecular complexity index is 687. The highest BCUT2D eigenvalue weighted by Crippen LogP contribution is 2.30. The van der Waals surface area contributed by atoms with E-state index in [9.17, 15) is 4.79 Å². The summed E-state index contributed by atoms with van der Waals surface area (Å²) < 4.78 is 0. The molecule has 1 N–H and O–H groups in total. The van der Waals surface area contributed by atoms with E-state index in [1.54, 1.807) is 23.2 Å². The Labute approximate surface area is 129 Å². The minimum atomic E-state index is -0.0437. The monoisotopic (exact) mass is 297 g/mol. The fraction of sp³-hybridized carbons (Fsp3) is 0.294. The van der Waals surface area contributed by atoms with Crippen LogP contribution in [-0.4, -0.2) is 42.7 Å². The maximum Gasteiger partial charge on any atom is 0.262 e. The summed E-state index contributed by atoms with van der Waals surface area (Å²) in [6.45, 7) is 1.15. The number of benzene rings is 1. The van der Waals surface area contributed by atoms with E-state index in [1.807, 2.05) is 30.1 Å². The lowest BCUT2D eigenvalue weighted by Crippen LogP contribution is -2.32. The van der Waals surface area contributed by atoms with Crippen LogP contribution in [0.5, 0.6) is 0 Å². The Morgan fingerprint density at radius 3 is 2.95 bits per heavy atom. The van der Waals surface area contributed by atoms with Crippen LogP contribution in [0.15, 0.2) is 42.6 Å². The molecule has 0 saturated carbocycles. The third kappa shape index (κ3) is 2.55. The van der Waals surface area contributed by atoms with Gasteiger partial charge in [-0.25, -0.2) is 4.98 Å². The molecule has 0 fully saturated rings. The fourth-order valence-electron chi connectivity index (χ4n) is 2.82. The molecular formula is C17H19N3O2. The van der Waals surface area contributed by atoms with E-state index in [-0.39, 0.29) is 12.5 Å². The van der Waals surface area contributed by atoms with Gasteiger partial charge >= 0.3 is 0 Å². The molecule has 0 bridgehead atoms. The Kier molecular flexibility index (Phi) is 4.06. The van der Waals surface area contributed by atoms with Gasteiger partial charge < -0.3 is 14.9 Å². The van der Waals surface area contributed by atoms with Gasteiger partial charge in [0.1, 0.15) is 5.82 Å². The third-order valence-electron chi connectivity index (χ3n) is 3.95. The standard InChI is InChI=1S/C17H19N3O2/c1-19(11-12-21)16-14(6-4-9-18-16)17(22)20-10-8-13-5-2-3-7-15(13)20/h2-7,9,21H,8,10-12H2,1H3. The van der Waals surface area contributed by atoms with Gasteiger partial charge in [-0.05, 0) is 30.2 Å². The maximum absolute atomic E-state index is 12.9. The molecule has 5 nitrogen and oxygen atoms in total. The average molecular weight is 297 g/mol. The Hall–Kier alpha value is -2.40. The van der Waals surface area contributed by atoms with E-state index >= 15 is 0 Å². The van der Waals surface area contributed by atoms with Crippen LogP contribution in [0.25, 0.3) is 0 Å². The van der Waals surface area contributed by atoms with Crippen LogP contribution in [0.1, 0.15) is 15.9 Å². The van der Waals surface area contributed by atoms with Gasteiger partial charge in [0.05, 0.1) is 12.2 Å². The summed E-state index contributed by atoms with van der Waals surface area (Å²) in [5.41, 5.74) is 2.74. The lowest BCUT2D eigenvalue weighted by molar-refractivity contribution is 0.0989. The van der Waals surface area contributed by atoms with Crippen molar-refractivity contribution < 1.29 is 9.90 Å². The largest absolute Gasteiger partial charge is 0.395 e. The number of aliphatic hydroxyl groups is 1. The number of aromatic nitrogens is 1. The Morgan fingerprint density at radius 1 is 1.32 bits per heavy atom. The summed E-state index contributed by atoms with van der Waals surface area (Å²) in [6, 6.07) is 11.5. The van der Waals surface area contributed by atoms with Gasteiger partial charge in [0.15, 0.2) is 0 Å². The molecule has 114 valence electrons. The van der Waals surface area contributed by atoms with Gasteiger partial charge in [-0.1, -0.05) is 18.2 Å². The number of aliphatic hydroxyl groups excluding tert-OH is 1. The van der Waals surface area contributed by atoms with Crippen molar-refractivity contribution in [2.75, 3.05) is 36.5 Å². The van der Waals surface area contributed by atoms with Crippen LogP contribution in [0.2, 0.25) is 0 Å². The lowest BCUT2D eigenvalue weighted by Gasteiger charge is -2.23. The first-order chi connectivity index (χ1) is 10.7.